The molecule has 0 saturated carbocycles. The molecule has 0 aliphatic carbocycles. The molecular weight excluding hydrogens is 296 g/mol. The first-order valence-electron chi connectivity index (χ1n) is 6.05. The Morgan fingerprint density at radius 3 is 2.57 bits per heavy atom. The number of hydrogen-bond donors (Lipinski definition) is 1. The third-order valence-corrected chi connectivity index (χ3v) is 4.30. The lowest BCUT2D eigenvalue weighted by molar-refractivity contribution is -0.481. The summed E-state index contributed by atoms with van der Waals surface area (Å²) in [7, 11) is 2.75. The van der Waals surface area contributed by atoms with Crippen LogP contribution in [0.4, 0.5) is 5.82 Å². The zero-order valence-electron chi connectivity index (χ0n) is 11.5. The van der Waals surface area contributed by atoms with Gasteiger partial charge in [0.05, 0.1) is 11.5 Å². The summed E-state index contributed by atoms with van der Waals surface area (Å²) in [6, 6.07) is 3.46. The number of nitrogen functional groups attached to an aromatic ring is 1. The molecule has 1 atom stereocenters. The smallest absolute Gasteiger partial charge is 0.332 e. The normalized spacial score (nSPS) is 12.3. The van der Waals surface area contributed by atoms with Gasteiger partial charge >= 0.3 is 5.69 Å². The minimum absolute atomic E-state index is 0.0386. The van der Waals surface area contributed by atoms with E-state index in [0.29, 0.717) is 4.88 Å². The molecule has 2 N–H and O–H groups in total. The summed E-state index contributed by atoms with van der Waals surface area (Å²) in [5, 5.41) is 12.7. The molecule has 0 radical (unpaired) electrons. The first-order chi connectivity index (χ1) is 9.84. The average Bonchev–Trinajstić information content (AvgIpc) is 2.95. The maximum absolute atomic E-state index is 12.3. The molecule has 2 rings (SSSR count). The van der Waals surface area contributed by atoms with Gasteiger partial charge in [-0.15, -0.1) is 11.3 Å². The van der Waals surface area contributed by atoms with E-state index in [1.54, 1.807) is 17.5 Å². The van der Waals surface area contributed by atoms with Crippen LogP contribution in [0, 0.1) is 10.1 Å². The molecule has 0 amide bonds. The van der Waals surface area contributed by atoms with E-state index in [1.165, 1.54) is 25.4 Å². The van der Waals surface area contributed by atoms with Crippen molar-refractivity contribution in [3.8, 4) is 0 Å². The summed E-state index contributed by atoms with van der Waals surface area (Å²) in [5.41, 5.74) is 4.79. The van der Waals surface area contributed by atoms with E-state index in [4.69, 9.17) is 5.73 Å². The molecule has 2 aromatic rings. The summed E-state index contributed by atoms with van der Waals surface area (Å²) in [4.78, 5) is 35.2. The molecule has 9 heteroatoms. The number of anilines is 1. The highest BCUT2D eigenvalue weighted by molar-refractivity contribution is 7.10. The molecule has 8 nitrogen and oxygen atoms in total. The second kappa shape index (κ2) is 5.52. The molecule has 0 aliphatic heterocycles. The quantitative estimate of drug-likeness (QED) is 0.637. The number of rotatable bonds is 4. The lowest BCUT2D eigenvalue weighted by atomic mass is 9.99. The number of aromatic nitrogens is 2. The SMILES string of the molecule is Cn1c(N)c([C@H](C[N+](=O)[O-])c2cccs2)c(=O)n(C)c1=O. The number of nitro groups is 1. The van der Waals surface area contributed by atoms with E-state index in [-0.39, 0.29) is 11.4 Å². The number of hydrogen-bond acceptors (Lipinski definition) is 6. The zero-order chi connectivity index (χ0) is 15.7. The molecule has 112 valence electrons. The molecule has 0 aliphatic rings. The van der Waals surface area contributed by atoms with E-state index in [1.807, 2.05) is 0 Å². The van der Waals surface area contributed by atoms with Crippen molar-refractivity contribution in [1.29, 1.82) is 0 Å². The van der Waals surface area contributed by atoms with Crippen molar-refractivity contribution in [2.75, 3.05) is 12.3 Å². The molecule has 0 unspecified atom stereocenters. The van der Waals surface area contributed by atoms with Crippen molar-refractivity contribution in [3.63, 3.8) is 0 Å². The molecule has 21 heavy (non-hydrogen) atoms. The Labute approximate surface area is 123 Å². The summed E-state index contributed by atoms with van der Waals surface area (Å²) >= 11 is 1.31. The maximum atomic E-state index is 12.3. The molecule has 0 aromatic carbocycles. The lowest BCUT2D eigenvalue weighted by Crippen LogP contribution is -2.41. The van der Waals surface area contributed by atoms with Gasteiger partial charge in [0.15, 0.2) is 0 Å². The fourth-order valence-electron chi connectivity index (χ4n) is 2.18. The fourth-order valence-corrected chi connectivity index (χ4v) is 3.00. The van der Waals surface area contributed by atoms with Crippen LogP contribution in [0.3, 0.4) is 0 Å². The maximum Gasteiger partial charge on any atom is 0.332 e. The third-order valence-electron chi connectivity index (χ3n) is 3.31. The summed E-state index contributed by atoms with van der Waals surface area (Å²) in [5.74, 6) is -0.811. The van der Waals surface area contributed by atoms with Gasteiger partial charge in [-0.1, -0.05) is 6.07 Å². The van der Waals surface area contributed by atoms with Gasteiger partial charge in [0.2, 0.25) is 6.54 Å². The molecule has 2 heterocycles. The Bertz CT molecular complexity index is 791. The first kappa shape index (κ1) is 15.0. The molecule has 0 bridgehead atoms. The highest BCUT2D eigenvalue weighted by Gasteiger charge is 2.28. The van der Waals surface area contributed by atoms with Crippen LogP contribution in [0.1, 0.15) is 16.4 Å². The van der Waals surface area contributed by atoms with E-state index in [2.05, 4.69) is 0 Å². The van der Waals surface area contributed by atoms with Crippen LogP contribution < -0.4 is 17.0 Å². The van der Waals surface area contributed by atoms with Crippen molar-refractivity contribution < 1.29 is 4.92 Å². The van der Waals surface area contributed by atoms with Crippen molar-refractivity contribution in [3.05, 3.63) is 58.9 Å². The van der Waals surface area contributed by atoms with Crippen molar-refractivity contribution in [2.45, 2.75) is 5.92 Å². The number of nitrogens with zero attached hydrogens (tertiary/aromatic N) is 3. The second-order valence-electron chi connectivity index (χ2n) is 4.59. The Morgan fingerprint density at radius 2 is 2.05 bits per heavy atom. The zero-order valence-corrected chi connectivity index (χ0v) is 12.3. The molecule has 2 aromatic heterocycles. The summed E-state index contributed by atoms with van der Waals surface area (Å²) in [6.07, 6.45) is 0. The van der Waals surface area contributed by atoms with Crippen LogP contribution >= 0.6 is 11.3 Å². The van der Waals surface area contributed by atoms with E-state index in [9.17, 15) is 19.7 Å². The average molecular weight is 310 g/mol. The predicted molar refractivity (Wildman–Crippen MR) is 79.4 cm³/mol. The molecule has 0 fully saturated rings. The Morgan fingerprint density at radius 1 is 1.38 bits per heavy atom. The number of nitrogens with two attached hydrogens (primary N) is 1. The largest absolute Gasteiger partial charge is 0.385 e. The predicted octanol–water partition coefficient (Wildman–Crippen LogP) is 0.136. The van der Waals surface area contributed by atoms with E-state index in [0.717, 1.165) is 9.13 Å². The molecule has 0 spiro atoms. The van der Waals surface area contributed by atoms with Gasteiger partial charge in [-0.2, -0.15) is 0 Å². The van der Waals surface area contributed by atoms with Crippen molar-refractivity contribution >= 4 is 17.2 Å². The Hall–Kier alpha value is -2.42. The van der Waals surface area contributed by atoms with Crippen LogP contribution in [0.5, 0.6) is 0 Å². The topological polar surface area (TPSA) is 113 Å². The van der Waals surface area contributed by atoms with Gasteiger partial charge in [-0.25, -0.2) is 4.79 Å². The Balaban J connectivity index is 2.75. The minimum atomic E-state index is -0.773. The van der Waals surface area contributed by atoms with Crippen molar-refractivity contribution in [1.82, 2.24) is 9.13 Å². The fraction of sp³-hybridized carbons (Fsp3) is 0.333. The van der Waals surface area contributed by atoms with Gasteiger partial charge in [0.25, 0.3) is 5.56 Å². The van der Waals surface area contributed by atoms with Crippen molar-refractivity contribution in [2.24, 2.45) is 14.1 Å². The van der Waals surface area contributed by atoms with Crippen LogP contribution in [-0.2, 0) is 14.1 Å². The van der Waals surface area contributed by atoms with Crippen LogP contribution in [0.15, 0.2) is 27.1 Å². The number of thiophene rings is 1. The lowest BCUT2D eigenvalue weighted by Gasteiger charge is -2.16. The first-order valence-corrected chi connectivity index (χ1v) is 6.93. The Kier molecular flexibility index (Phi) is 3.94. The van der Waals surface area contributed by atoms with Crippen LogP contribution in [0.25, 0.3) is 0 Å². The van der Waals surface area contributed by atoms with E-state index < -0.39 is 28.6 Å². The standard InChI is InChI=1S/C12H14N4O4S/c1-14-10(13)9(11(17)15(2)12(14)18)7(6-16(19)20)8-4-3-5-21-8/h3-5,7H,6,13H2,1-2H3/t7-/m1/s1. The van der Waals surface area contributed by atoms with Gasteiger partial charge in [-0.05, 0) is 11.4 Å². The van der Waals surface area contributed by atoms with E-state index >= 15 is 0 Å². The van der Waals surface area contributed by atoms with Gasteiger partial charge in [0.1, 0.15) is 5.82 Å². The van der Waals surface area contributed by atoms with Gasteiger partial charge in [0, 0.05) is 23.9 Å². The summed E-state index contributed by atoms with van der Waals surface area (Å²) in [6.45, 7) is -0.460. The van der Waals surface area contributed by atoms with Gasteiger partial charge < -0.3 is 5.73 Å². The summed E-state index contributed by atoms with van der Waals surface area (Å²) < 4.78 is 2.03. The third kappa shape index (κ3) is 2.59. The van der Waals surface area contributed by atoms with Crippen LogP contribution in [-0.4, -0.2) is 20.6 Å². The minimum Gasteiger partial charge on any atom is -0.385 e. The van der Waals surface area contributed by atoms with Crippen LogP contribution in [0.2, 0.25) is 0 Å². The highest BCUT2D eigenvalue weighted by atomic mass is 32.1. The molecular formula is C12H14N4O4S. The molecule has 0 saturated heterocycles. The highest BCUT2D eigenvalue weighted by Crippen LogP contribution is 2.29. The monoisotopic (exact) mass is 310 g/mol. The second-order valence-corrected chi connectivity index (χ2v) is 5.57. The van der Waals surface area contributed by atoms with Gasteiger partial charge in [-0.3, -0.25) is 24.0 Å².